The number of aliphatic hydroxyl groups is 1. The average molecular weight is 482 g/mol. The van der Waals surface area contributed by atoms with Crippen molar-refractivity contribution in [1.29, 1.82) is 0 Å². The highest BCUT2D eigenvalue weighted by molar-refractivity contribution is 5.82. The van der Waals surface area contributed by atoms with Crippen molar-refractivity contribution in [2.45, 2.75) is 97.1 Å². The second-order valence-electron chi connectivity index (χ2n) is 12.9. The number of carbonyl (C=O) groups is 1. The third kappa shape index (κ3) is 3.60. The lowest BCUT2D eigenvalue weighted by Gasteiger charge is -2.63. The van der Waals surface area contributed by atoms with Crippen LogP contribution < -0.4 is 0 Å². The second-order valence-corrected chi connectivity index (χ2v) is 12.9. The lowest BCUT2D eigenvalue weighted by molar-refractivity contribution is -0.158. The highest BCUT2D eigenvalue weighted by atomic mass is 19.1. The van der Waals surface area contributed by atoms with Crippen LogP contribution in [0.25, 0.3) is 11.0 Å². The zero-order valence-corrected chi connectivity index (χ0v) is 21.5. The Morgan fingerprint density at radius 1 is 1.06 bits per heavy atom. The van der Waals surface area contributed by atoms with Gasteiger partial charge in [-0.1, -0.05) is 13.8 Å². The highest BCUT2D eigenvalue weighted by Gasteiger charge is 2.62. The molecule has 4 saturated carbocycles. The van der Waals surface area contributed by atoms with Gasteiger partial charge >= 0.3 is 0 Å². The molecule has 0 unspecified atom stereocenters. The van der Waals surface area contributed by atoms with Gasteiger partial charge in [0.2, 0.25) is 0 Å². The third-order valence-corrected chi connectivity index (χ3v) is 11.4. The van der Waals surface area contributed by atoms with Gasteiger partial charge in [-0.15, -0.1) is 0 Å². The fourth-order valence-corrected chi connectivity index (χ4v) is 9.73. The van der Waals surface area contributed by atoms with Gasteiger partial charge in [0.15, 0.2) is 5.78 Å². The molecule has 1 heterocycles. The molecule has 6 heteroatoms. The molecule has 190 valence electrons. The molecule has 0 amide bonds. The van der Waals surface area contributed by atoms with Crippen molar-refractivity contribution in [2.24, 2.45) is 40.4 Å². The van der Waals surface area contributed by atoms with Gasteiger partial charge in [-0.25, -0.2) is 4.39 Å². The Morgan fingerprint density at radius 2 is 1.86 bits per heavy atom. The van der Waals surface area contributed by atoms with Crippen LogP contribution in [-0.2, 0) is 11.3 Å². The Labute approximate surface area is 207 Å². The van der Waals surface area contributed by atoms with Gasteiger partial charge < -0.3 is 5.11 Å². The van der Waals surface area contributed by atoms with E-state index in [9.17, 15) is 14.3 Å². The molecule has 0 bridgehead atoms. The van der Waals surface area contributed by atoms with Gasteiger partial charge in [0.25, 0.3) is 0 Å². The van der Waals surface area contributed by atoms with Crippen LogP contribution in [0.3, 0.4) is 0 Å². The summed E-state index contributed by atoms with van der Waals surface area (Å²) >= 11 is 0. The molecule has 4 fully saturated rings. The number of rotatable bonds is 4. The molecule has 1 aromatic heterocycles. The molecule has 35 heavy (non-hydrogen) atoms. The van der Waals surface area contributed by atoms with Gasteiger partial charge in [-0.3, -0.25) is 4.79 Å². The molecular formula is C29H40FN3O2. The Bertz CT molecular complexity index is 1140. The van der Waals surface area contributed by atoms with E-state index in [0.717, 1.165) is 44.4 Å². The van der Waals surface area contributed by atoms with Crippen LogP contribution in [0.15, 0.2) is 18.2 Å². The molecule has 0 aliphatic heterocycles. The number of nitrogens with zero attached hydrogens (tertiary/aromatic N) is 3. The van der Waals surface area contributed by atoms with Crippen molar-refractivity contribution in [3.8, 4) is 0 Å². The number of halogens is 1. The maximum Gasteiger partial charge on any atom is 0.159 e. The number of fused-ring (bicyclic) bond motifs is 6. The van der Waals surface area contributed by atoms with Crippen molar-refractivity contribution in [2.75, 3.05) is 0 Å². The lowest BCUT2D eigenvalue weighted by atomic mass is 9.42. The highest BCUT2D eigenvalue weighted by Crippen LogP contribution is 2.69. The Balaban J connectivity index is 1.22. The first-order valence-corrected chi connectivity index (χ1v) is 13.9. The van der Waals surface area contributed by atoms with Gasteiger partial charge in [0.05, 0.1) is 5.60 Å². The lowest BCUT2D eigenvalue weighted by Crippen LogP contribution is -2.56. The maximum absolute atomic E-state index is 13.6. The van der Waals surface area contributed by atoms with Crippen LogP contribution in [0, 0.1) is 46.2 Å². The van der Waals surface area contributed by atoms with Gasteiger partial charge in [-0.2, -0.15) is 15.0 Å². The molecule has 5 nitrogen and oxygen atoms in total. The van der Waals surface area contributed by atoms with Crippen LogP contribution in [-0.4, -0.2) is 31.5 Å². The minimum absolute atomic E-state index is 0.0544. The number of Topliss-reactive ketones (excluding diaryl/α,β-unsaturated/α-hetero) is 1. The van der Waals surface area contributed by atoms with Crippen molar-refractivity contribution < 1.29 is 14.3 Å². The number of ketones is 1. The standard InChI is InChI=1S/C29H40FN3O2/c1-4-29-14-13-27(2,35)16-18(29)5-7-20-21-8-9-23(28(21,3)12-11-22(20)29)26(34)17-33-31-24-10-6-19(30)15-25(24)32-33/h6,10,15,18,20-23,35H,4-5,7-9,11-14,16-17H2,1-3H3/t18-,20+,21+,22+,23-,27-,28+,29+/m1/s1. The number of aromatic nitrogens is 3. The monoisotopic (exact) mass is 481 g/mol. The number of hydrogen-bond donors (Lipinski definition) is 1. The van der Waals surface area contributed by atoms with E-state index in [2.05, 4.69) is 24.0 Å². The van der Waals surface area contributed by atoms with Crippen LogP contribution in [0.4, 0.5) is 4.39 Å². The van der Waals surface area contributed by atoms with Crippen LogP contribution in [0.5, 0.6) is 0 Å². The normalized spacial score (nSPS) is 42.9. The van der Waals surface area contributed by atoms with E-state index in [-0.39, 0.29) is 29.5 Å². The first-order chi connectivity index (χ1) is 16.6. The second kappa shape index (κ2) is 8.09. The van der Waals surface area contributed by atoms with Crippen LogP contribution in [0.2, 0.25) is 0 Å². The predicted molar refractivity (Wildman–Crippen MR) is 133 cm³/mol. The van der Waals surface area contributed by atoms with Crippen molar-refractivity contribution >= 4 is 16.8 Å². The summed E-state index contributed by atoms with van der Waals surface area (Å²) in [5.41, 5.74) is 1.06. The van der Waals surface area contributed by atoms with Crippen LogP contribution in [0.1, 0.15) is 85.0 Å². The Morgan fingerprint density at radius 3 is 2.66 bits per heavy atom. The van der Waals surface area contributed by atoms with Gasteiger partial charge in [-0.05, 0) is 118 Å². The Kier molecular flexibility index (Phi) is 5.45. The molecule has 1 aromatic carbocycles. The summed E-state index contributed by atoms with van der Waals surface area (Å²) in [6.45, 7) is 6.99. The van der Waals surface area contributed by atoms with Gasteiger partial charge in [0.1, 0.15) is 23.4 Å². The molecule has 2 aromatic rings. The summed E-state index contributed by atoms with van der Waals surface area (Å²) in [4.78, 5) is 15.1. The minimum atomic E-state index is -0.499. The van der Waals surface area contributed by atoms with Crippen molar-refractivity contribution in [1.82, 2.24) is 15.0 Å². The number of benzene rings is 1. The maximum atomic E-state index is 13.6. The molecule has 4 aliphatic carbocycles. The summed E-state index contributed by atoms with van der Waals surface area (Å²) in [6, 6.07) is 4.38. The average Bonchev–Trinajstić information content (AvgIpc) is 3.37. The van der Waals surface area contributed by atoms with Crippen LogP contribution >= 0.6 is 0 Å². The number of hydrogen-bond acceptors (Lipinski definition) is 4. The zero-order chi connectivity index (χ0) is 24.6. The van der Waals surface area contributed by atoms with Crippen molar-refractivity contribution in [3.63, 3.8) is 0 Å². The molecule has 8 atom stereocenters. The molecular weight excluding hydrogens is 441 g/mol. The SMILES string of the molecule is CC[C@]12CC[C@@](C)(O)C[C@H]1CC[C@H]1[C@@H]3CC[C@H](C(=O)Cn4nc5ccc(F)cc5n4)[C@@]3(C)CC[C@@H]12. The first kappa shape index (κ1) is 23.6. The molecule has 0 radical (unpaired) electrons. The van der Waals surface area contributed by atoms with E-state index >= 15 is 0 Å². The van der Waals surface area contributed by atoms with E-state index in [1.165, 1.54) is 42.6 Å². The van der Waals surface area contributed by atoms with E-state index in [4.69, 9.17) is 0 Å². The molecule has 4 aliphatic rings. The molecule has 0 spiro atoms. The first-order valence-electron chi connectivity index (χ1n) is 13.9. The summed E-state index contributed by atoms with van der Waals surface area (Å²) in [7, 11) is 0. The van der Waals surface area contributed by atoms with E-state index in [1.807, 2.05) is 6.92 Å². The fourth-order valence-electron chi connectivity index (χ4n) is 9.73. The summed E-state index contributed by atoms with van der Waals surface area (Å²) < 4.78 is 13.6. The third-order valence-electron chi connectivity index (χ3n) is 11.4. The van der Waals surface area contributed by atoms with E-state index in [1.54, 1.807) is 6.07 Å². The summed E-state index contributed by atoms with van der Waals surface area (Å²) in [5, 5.41) is 19.6. The Hall–Kier alpha value is -1.82. The fraction of sp³-hybridized carbons (Fsp3) is 0.759. The zero-order valence-electron chi connectivity index (χ0n) is 21.5. The quantitative estimate of drug-likeness (QED) is 0.587. The van der Waals surface area contributed by atoms with E-state index in [0.29, 0.717) is 34.2 Å². The molecule has 6 rings (SSSR count). The number of carbonyl (C=O) groups excluding carboxylic acids is 1. The summed E-state index contributed by atoms with van der Waals surface area (Å²) in [6.07, 6.45) is 11.2. The van der Waals surface area contributed by atoms with E-state index < -0.39 is 5.60 Å². The molecule has 1 N–H and O–H groups in total. The predicted octanol–water partition coefficient (Wildman–Crippen LogP) is 5.94. The van der Waals surface area contributed by atoms with Crippen molar-refractivity contribution in [3.05, 3.63) is 24.0 Å². The smallest absolute Gasteiger partial charge is 0.159 e. The molecule has 0 saturated heterocycles. The summed E-state index contributed by atoms with van der Waals surface area (Å²) in [5.74, 6) is 2.66. The minimum Gasteiger partial charge on any atom is -0.390 e. The topological polar surface area (TPSA) is 68.0 Å². The largest absolute Gasteiger partial charge is 0.390 e. The van der Waals surface area contributed by atoms with Gasteiger partial charge in [0, 0.05) is 12.0 Å².